The van der Waals surface area contributed by atoms with Gasteiger partial charge >= 0.3 is 0 Å². The topological polar surface area (TPSA) is 90.7 Å². The zero-order valence-electron chi connectivity index (χ0n) is 13.0. The molecule has 2 N–H and O–H groups in total. The molecule has 0 spiro atoms. The standard InChI is InChI=1S/C18H16N2O4/c1-2-13(21)15-16(11-7-9-19-10-8-11)20(18(24)17(15)23)12-5-3-4-6-14(12)22/h3-10,16,22-23H,2H2,1H3. The number of aliphatic hydroxyl groups is 1. The number of carbonyl (C=O) groups excluding carboxylic acids is 2. The number of hydrogen-bond donors (Lipinski definition) is 2. The summed E-state index contributed by atoms with van der Waals surface area (Å²) in [6.07, 6.45) is 3.25. The quantitative estimate of drug-likeness (QED) is 0.902. The fourth-order valence-electron chi connectivity index (χ4n) is 2.86. The van der Waals surface area contributed by atoms with Crippen LogP contribution >= 0.6 is 0 Å². The minimum absolute atomic E-state index is 0.0388. The molecule has 1 aliphatic heterocycles. The second-order valence-corrected chi connectivity index (χ2v) is 5.39. The Balaban J connectivity index is 2.21. The maximum atomic E-state index is 12.6. The normalized spacial score (nSPS) is 17.5. The SMILES string of the molecule is CCC(=O)C1=C(O)C(=O)N(c2ccccc2O)C1c1ccncc1. The number of Topliss-reactive ketones (excluding diaryl/α,β-unsaturated/α-hetero) is 1. The highest BCUT2D eigenvalue weighted by Crippen LogP contribution is 2.43. The third-order valence-corrected chi connectivity index (χ3v) is 3.99. The molecule has 2 aromatic rings. The number of amides is 1. The van der Waals surface area contributed by atoms with E-state index in [0.29, 0.717) is 5.56 Å². The van der Waals surface area contributed by atoms with Gasteiger partial charge < -0.3 is 10.2 Å². The van der Waals surface area contributed by atoms with Gasteiger partial charge in [0.2, 0.25) is 0 Å². The molecule has 24 heavy (non-hydrogen) atoms. The van der Waals surface area contributed by atoms with Gasteiger partial charge in [-0.05, 0) is 29.8 Å². The second-order valence-electron chi connectivity index (χ2n) is 5.39. The van der Waals surface area contributed by atoms with Gasteiger partial charge in [0, 0.05) is 18.8 Å². The van der Waals surface area contributed by atoms with Crippen molar-refractivity contribution in [3.05, 3.63) is 65.7 Å². The highest BCUT2D eigenvalue weighted by molar-refractivity contribution is 6.16. The number of carbonyl (C=O) groups is 2. The third-order valence-electron chi connectivity index (χ3n) is 3.99. The minimum atomic E-state index is -0.804. The van der Waals surface area contributed by atoms with Gasteiger partial charge in [-0.15, -0.1) is 0 Å². The summed E-state index contributed by atoms with van der Waals surface area (Å²) in [6.45, 7) is 1.67. The van der Waals surface area contributed by atoms with E-state index in [-0.39, 0.29) is 29.2 Å². The summed E-state index contributed by atoms with van der Waals surface area (Å²) in [6, 6.07) is 8.85. The summed E-state index contributed by atoms with van der Waals surface area (Å²) in [5.74, 6) is -1.72. The monoisotopic (exact) mass is 324 g/mol. The van der Waals surface area contributed by atoms with Crippen molar-refractivity contribution in [2.75, 3.05) is 4.90 Å². The second kappa shape index (κ2) is 6.16. The molecule has 0 saturated heterocycles. The molecular weight excluding hydrogens is 308 g/mol. The molecule has 1 atom stereocenters. The molecule has 122 valence electrons. The van der Waals surface area contributed by atoms with E-state index in [9.17, 15) is 19.8 Å². The lowest BCUT2D eigenvalue weighted by molar-refractivity contribution is -0.118. The smallest absolute Gasteiger partial charge is 0.294 e. The van der Waals surface area contributed by atoms with Gasteiger partial charge in [-0.1, -0.05) is 19.1 Å². The molecule has 0 saturated carbocycles. The lowest BCUT2D eigenvalue weighted by Gasteiger charge is -2.27. The molecule has 0 bridgehead atoms. The molecule has 2 heterocycles. The molecule has 3 rings (SSSR count). The Hall–Kier alpha value is -3.15. The number of pyridine rings is 1. The van der Waals surface area contributed by atoms with Crippen LogP contribution in [0.1, 0.15) is 24.9 Å². The average Bonchev–Trinajstić information content (AvgIpc) is 2.87. The average molecular weight is 324 g/mol. The number of nitrogens with zero attached hydrogens (tertiary/aromatic N) is 2. The van der Waals surface area contributed by atoms with E-state index in [1.54, 1.807) is 49.6 Å². The Morgan fingerprint density at radius 2 is 1.83 bits per heavy atom. The highest BCUT2D eigenvalue weighted by atomic mass is 16.3. The van der Waals surface area contributed by atoms with Gasteiger partial charge in [0.15, 0.2) is 11.5 Å². The van der Waals surface area contributed by atoms with Crippen molar-refractivity contribution in [3.8, 4) is 5.75 Å². The number of phenolic OH excluding ortho intramolecular Hbond substituents is 1. The summed E-state index contributed by atoms with van der Waals surface area (Å²) in [5, 5.41) is 20.4. The van der Waals surface area contributed by atoms with Crippen molar-refractivity contribution in [2.45, 2.75) is 19.4 Å². The van der Waals surface area contributed by atoms with Crippen LogP contribution < -0.4 is 4.90 Å². The first-order valence-electron chi connectivity index (χ1n) is 7.54. The molecule has 1 aromatic heterocycles. The summed E-state index contributed by atoms with van der Waals surface area (Å²) in [7, 11) is 0. The van der Waals surface area contributed by atoms with Crippen LogP contribution in [-0.4, -0.2) is 26.9 Å². The molecule has 0 radical (unpaired) electrons. The largest absolute Gasteiger partial charge is 0.506 e. The fourth-order valence-corrected chi connectivity index (χ4v) is 2.86. The van der Waals surface area contributed by atoms with Crippen LogP contribution in [0.2, 0.25) is 0 Å². The van der Waals surface area contributed by atoms with Crippen molar-refractivity contribution in [1.82, 2.24) is 4.98 Å². The molecule has 6 heteroatoms. The van der Waals surface area contributed by atoms with Gasteiger partial charge in [0.05, 0.1) is 17.3 Å². The van der Waals surface area contributed by atoms with Gasteiger partial charge in [-0.3, -0.25) is 19.5 Å². The van der Waals surface area contributed by atoms with E-state index >= 15 is 0 Å². The molecule has 1 amide bonds. The molecule has 1 aromatic carbocycles. The van der Waals surface area contributed by atoms with Crippen LogP contribution in [0.5, 0.6) is 5.75 Å². The number of para-hydroxylation sites is 2. The predicted molar refractivity (Wildman–Crippen MR) is 87.5 cm³/mol. The first kappa shape index (κ1) is 15.7. The van der Waals surface area contributed by atoms with E-state index in [4.69, 9.17) is 0 Å². The van der Waals surface area contributed by atoms with Crippen LogP contribution in [0, 0.1) is 0 Å². The van der Waals surface area contributed by atoms with Crippen LogP contribution in [-0.2, 0) is 9.59 Å². The molecule has 1 aliphatic rings. The van der Waals surface area contributed by atoms with Gasteiger partial charge in [-0.2, -0.15) is 0 Å². The van der Waals surface area contributed by atoms with Crippen molar-refractivity contribution >= 4 is 17.4 Å². The van der Waals surface area contributed by atoms with Crippen LogP contribution in [0.25, 0.3) is 0 Å². The Kier molecular flexibility index (Phi) is 4.04. The van der Waals surface area contributed by atoms with E-state index in [1.165, 1.54) is 11.0 Å². The molecule has 1 unspecified atom stereocenters. The van der Waals surface area contributed by atoms with E-state index in [1.807, 2.05) is 0 Å². The third kappa shape index (κ3) is 2.42. The van der Waals surface area contributed by atoms with Crippen molar-refractivity contribution < 1.29 is 19.8 Å². The lowest BCUT2D eigenvalue weighted by atomic mass is 9.95. The van der Waals surface area contributed by atoms with Gasteiger partial charge in [0.1, 0.15) is 5.75 Å². The molecule has 0 fully saturated rings. The van der Waals surface area contributed by atoms with Crippen LogP contribution in [0.3, 0.4) is 0 Å². The van der Waals surface area contributed by atoms with E-state index < -0.39 is 17.7 Å². The fraction of sp³-hybridized carbons (Fsp3) is 0.167. The molecular formula is C18H16N2O4. The lowest BCUT2D eigenvalue weighted by Crippen LogP contribution is -2.31. The number of anilines is 1. The van der Waals surface area contributed by atoms with Crippen LogP contribution in [0.15, 0.2) is 60.1 Å². The van der Waals surface area contributed by atoms with Crippen LogP contribution in [0.4, 0.5) is 5.69 Å². The molecule has 0 aliphatic carbocycles. The Bertz CT molecular complexity index is 830. The number of aliphatic hydroxyl groups excluding tert-OH is 1. The van der Waals surface area contributed by atoms with Gasteiger partial charge in [0.25, 0.3) is 5.91 Å². The Morgan fingerprint density at radius 1 is 1.17 bits per heavy atom. The summed E-state index contributed by atoms with van der Waals surface area (Å²) < 4.78 is 0. The first-order chi connectivity index (χ1) is 11.6. The number of aromatic nitrogens is 1. The van der Waals surface area contributed by atoms with E-state index in [2.05, 4.69) is 4.98 Å². The molecule has 6 nitrogen and oxygen atoms in total. The van der Waals surface area contributed by atoms with Crippen molar-refractivity contribution in [3.63, 3.8) is 0 Å². The minimum Gasteiger partial charge on any atom is -0.506 e. The van der Waals surface area contributed by atoms with E-state index in [0.717, 1.165) is 0 Å². The number of benzene rings is 1. The number of phenols is 1. The maximum absolute atomic E-state index is 12.6. The van der Waals surface area contributed by atoms with Crippen molar-refractivity contribution in [2.24, 2.45) is 0 Å². The predicted octanol–water partition coefficient (Wildman–Crippen LogP) is 2.67. The number of hydrogen-bond acceptors (Lipinski definition) is 5. The van der Waals surface area contributed by atoms with Gasteiger partial charge in [-0.25, -0.2) is 0 Å². The van der Waals surface area contributed by atoms with Crippen molar-refractivity contribution in [1.29, 1.82) is 0 Å². The Labute approximate surface area is 138 Å². The number of aromatic hydroxyl groups is 1. The summed E-state index contributed by atoms with van der Waals surface area (Å²) in [4.78, 5) is 30.1. The Morgan fingerprint density at radius 3 is 2.46 bits per heavy atom. The zero-order valence-corrected chi connectivity index (χ0v) is 13.0. The number of rotatable bonds is 4. The number of ketones is 1. The summed E-state index contributed by atoms with van der Waals surface area (Å²) >= 11 is 0. The highest BCUT2D eigenvalue weighted by Gasteiger charge is 2.44. The first-order valence-corrected chi connectivity index (χ1v) is 7.54. The summed E-state index contributed by atoms with van der Waals surface area (Å²) in [5.41, 5.74) is 0.897. The zero-order chi connectivity index (χ0) is 17.3. The maximum Gasteiger partial charge on any atom is 0.294 e.